The summed E-state index contributed by atoms with van der Waals surface area (Å²) in [4.78, 5) is 3.95. The van der Waals surface area contributed by atoms with Crippen LogP contribution in [0.15, 0.2) is 21.3 Å². The zero-order chi connectivity index (χ0) is 7.98. The molecule has 5 heteroatoms. The van der Waals surface area contributed by atoms with Gasteiger partial charge in [0.2, 0.25) is 0 Å². The van der Waals surface area contributed by atoms with Crippen LogP contribution in [-0.2, 0) is 14.8 Å². The maximum absolute atomic E-state index is 3.95. The van der Waals surface area contributed by atoms with Crippen molar-refractivity contribution in [3.63, 3.8) is 0 Å². The van der Waals surface area contributed by atoms with Gasteiger partial charge in [-0.3, -0.25) is 4.98 Å². The van der Waals surface area contributed by atoms with Crippen molar-refractivity contribution in [1.29, 1.82) is 0 Å². The normalized spacial score (nSPS) is 8.10. The van der Waals surface area contributed by atoms with Gasteiger partial charge in [-0.2, -0.15) is 6.07 Å². The van der Waals surface area contributed by atoms with Gasteiger partial charge in [0.15, 0.2) is 0 Å². The van der Waals surface area contributed by atoms with Crippen molar-refractivity contribution in [3.8, 4) is 0 Å². The number of halogens is 3. The monoisotopic (exact) mass is 425 g/mol. The number of hydrogen-bond donors (Lipinski definition) is 0. The van der Waals surface area contributed by atoms with Crippen molar-refractivity contribution < 1.29 is 14.8 Å². The van der Waals surface area contributed by atoms with E-state index in [1.807, 2.05) is 6.07 Å². The van der Waals surface area contributed by atoms with Crippen LogP contribution in [-0.4, -0.2) is 4.98 Å². The third-order valence-electron chi connectivity index (χ3n) is 0.628. The molecule has 1 rings (SSSR count). The second-order valence-corrected chi connectivity index (χ2v) is 2.77. The first-order valence-electron chi connectivity index (χ1n) is 2.25. The van der Waals surface area contributed by atoms with E-state index in [0.29, 0.717) is 0 Å². The van der Waals surface area contributed by atoms with Crippen molar-refractivity contribution >= 4 is 51.6 Å². The van der Waals surface area contributed by atoms with E-state index >= 15 is 0 Å². The molecule has 1 nitrogen and oxygen atoms in total. The first-order valence-corrected chi connectivity index (χ1v) is 12.9. The second kappa shape index (κ2) is 7.13. The molecule has 0 saturated heterocycles. The Hall–Kier alpha value is 1.46. The molecule has 0 fully saturated rings. The Morgan fingerprint density at radius 1 is 1.50 bits per heavy atom. The van der Waals surface area contributed by atoms with E-state index < -0.39 is 0 Å². The molecule has 1 heterocycles. The topological polar surface area (TPSA) is 12.9 Å². The van der Waals surface area contributed by atoms with Crippen molar-refractivity contribution in [3.05, 3.63) is 27.4 Å². The van der Waals surface area contributed by atoms with Gasteiger partial charge in [-0.05, 0) is 0 Å². The van der Waals surface area contributed by atoms with Crippen molar-refractivity contribution in [2.24, 2.45) is 0 Å². The van der Waals surface area contributed by atoms with E-state index in [1.54, 1.807) is 6.07 Å². The molecule has 0 unspecified atom stereocenters. The Bertz CT molecular complexity index is 180. The van der Waals surface area contributed by atoms with Crippen LogP contribution in [0.25, 0.3) is 0 Å². The van der Waals surface area contributed by atoms with Crippen LogP contribution in [0.1, 0.15) is 0 Å². The number of rotatable bonds is 0. The quantitative estimate of drug-likeness (QED) is 0.268. The van der Waals surface area contributed by atoms with Crippen LogP contribution in [0.2, 0.25) is 0 Å². The first kappa shape index (κ1) is 11.5. The van der Waals surface area contributed by atoms with Crippen LogP contribution in [0.4, 0.5) is 0 Å². The van der Waals surface area contributed by atoms with Crippen molar-refractivity contribution in [1.82, 2.24) is 4.98 Å². The van der Waals surface area contributed by atoms with Gasteiger partial charge in [0.1, 0.15) is 0 Å². The average Bonchev–Trinajstić information content (AvgIpc) is 1.91. The molecular weight excluding hydrogens is 426 g/mol. The SMILES string of the molecule is Brc1[c-]ccc(Br)n1.[Zn+][I]. The van der Waals surface area contributed by atoms with Crippen LogP contribution in [0, 0.1) is 6.07 Å². The summed E-state index contributed by atoms with van der Waals surface area (Å²) in [5.74, 6) is 0. The minimum absolute atomic E-state index is 0.729. The molecule has 1 aromatic rings. The number of aromatic nitrogens is 1. The maximum atomic E-state index is 3.95. The molecule has 0 aliphatic heterocycles. The van der Waals surface area contributed by atoms with Crippen molar-refractivity contribution in [2.75, 3.05) is 0 Å². The Morgan fingerprint density at radius 3 is 2.40 bits per heavy atom. The summed E-state index contributed by atoms with van der Waals surface area (Å²) in [6.07, 6.45) is 0. The fourth-order valence-electron chi connectivity index (χ4n) is 0.343. The molecule has 0 N–H and O–H groups in total. The summed E-state index contributed by atoms with van der Waals surface area (Å²) in [5, 5.41) is 0. The zero-order valence-corrected chi connectivity index (χ0v) is 13.2. The molecule has 10 heavy (non-hydrogen) atoms. The van der Waals surface area contributed by atoms with Gasteiger partial charge in [-0.1, -0.05) is 31.9 Å². The second-order valence-electron chi connectivity index (χ2n) is 1.20. The first-order chi connectivity index (χ1) is 4.79. The van der Waals surface area contributed by atoms with Gasteiger partial charge in [-0.15, -0.1) is 0 Å². The molecule has 0 amide bonds. The minimum atomic E-state index is 0.729. The standard InChI is InChI=1S/C5H2Br2N.HI.Zn/c6-4-2-1-3-5(7)8-4;;/h1-2H;1H;/q-1;;+2/p-1. The van der Waals surface area contributed by atoms with E-state index in [2.05, 4.69) is 62.7 Å². The molecule has 0 aliphatic rings. The average molecular weight is 428 g/mol. The molecule has 0 atom stereocenters. The van der Waals surface area contributed by atoms with Crippen LogP contribution < -0.4 is 0 Å². The van der Waals surface area contributed by atoms with Crippen LogP contribution in [0.3, 0.4) is 0 Å². The number of nitrogens with zero attached hydrogens (tertiary/aromatic N) is 1. The van der Waals surface area contributed by atoms with E-state index in [9.17, 15) is 0 Å². The Kier molecular flexibility index (Phi) is 8.17. The van der Waals surface area contributed by atoms with Crippen LogP contribution >= 0.6 is 51.6 Å². The number of pyridine rings is 1. The third kappa shape index (κ3) is 5.16. The van der Waals surface area contributed by atoms with Gasteiger partial charge in [0, 0.05) is 9.21 Å². The van der Waals surface area contributed by atoms with Crippen molar-refractivity contribution in [2.45, 2.75) is 0 Å². The molecular formula is C5H2Br2INZn. The van der Waals surface area contributed by atoms with E-state index in [4.69, 9.17) is 0 Å². The van der Waals surface area contributed by atoms with E-state index in [0.717, 1.165) is 9.21 Å². The summed E-state index contributed by atoms with van der Waals surface area (Å²) in [6, 6.07) is 6.46. The Labute approximate surface area is 97.5 Å². The Morgan fingerprint density at radius 2 is 2.10 bits per heavy atom. The van der Waals surface area contributed by atoms with Gasteiger partial charge in [0.25, 0.3) is 0 Å². The molecule has 0 bridgehead atoms. The predicted molar refractivity (Wildman–Crippen MR) is 52.5 cm³/mol. The molecule has 0 aromatic carbocycles. The predicted octanol–water partition coefficient (Wildman–Crippen LogP) is 3.29. The van der Waals surface area contributed by atoms with Crippen LogP contribution in [0.5, 0.6) is 0 Å². The van der Waals surface area contributed by atoms with E-state index in [-0.39, 0.29) is 0 Å². The molecule has 0 saturated carbocycles. The fraction of sp³-hybridized carbons (Fsp3) is 0. The molecule has 0 spiro atoms. The molecule has 1 aromatic heterocycles. The summed E-state index contributed by atoms with van der Waals surface area (Å²) >= 11 is 9.99. The Balaban J connectivity index is 0.000000371. The zero-order valence-electron chi connectivity index (χ0n) is 4.94. The van der Waals surface area contributed by atoms with Gasteiger partial charge < -0.3 is 0 Å². The molecule has 50 valence electrons. The van der Waals surface area contributed by atoms with Gasteiger partial charge >= 0.3 is 34.5 Å². The molecule has 0 aliphatic carbocycles. The van der Waals surface area contributed by atoms with Gasteiger partial charge in [-0.25, -0.2) is 12.1 Å². The number of hydrogen-bond acceptors (Lipinski definition) is 1. The van der Waals surface area contributed by atoms with Gasteiger partial charge in [0.05, 0.1) is 0 Å². The molecule has 0 radical (unpaired) electrons. The summed E-state index contributed by atoms with van der Waals surface area (Å²) in [6.45, 7) is 0. The fourth-order valence-corrected chi connectivity index (χ4v) is 1.21. The summed E-state index contributed by atoms with van der Waals surface area (Å²) in [5.41, 5.74) is 0. The third-order valence-corrected chi connectivity index (χ3v) is 1.48. The van der Waals surface area contributed by atoms with E-state index in [1.165, 1.54) is 14.8 Å². The summed E-state index contributed by atoms with van der Waals surface area (Å²) < 4.78 is 1.55. The summed E-state index contributed by atoms with van der Waals surface area (Å²) in [7, 11) is 0.